The normalized spacial score (nSPS) is 14.4. The van der Waals surface area contributed by atoms with Gasteiger partial charge >= 0.3 is 0 Å². The average Bonchev–Trinajstić information content (AvgIpc) is 2.90. The fourth-order valence-electron chi connectivity index (χ4n) is 2.18. The van der Waals surface area contributed by atoms with E-state index in [1.807, 2.05) is 23.6 Å². The highest BCUT2D eigenvalue weighted by atomic mass is 32.1. The van der Waals surface area contributed by atoms with Gasteiger partial charge in [0, 0.05) is 23.6 Å². The van der Waals surface area contributed by atoms with Crippen LogP contribution in [0.15, 0.2) is 28.6 Å². The first-order valence-electron chi connectivity index (χ1n) is 7.64. The second-order valence-electron chi connectivity index (χ2n) is 5.12. The van der Waals surface area contributed by atoms with Gasteiger partial charge in [-0.2, -0.15) is 0 Å². The Balaban J connectivity index is 1.63. The van der Waals surface area contributed by atoms with Crippen molar-refractivity contribution in [1.29, 1.82) is 0 Å². The number of aromatic nitrogens is 1. The fourth-order valence-corrected chi connectivity index (χ4v) is 2.91. The summed E-state index contributed by atoms with van der Waals surface area (Å²) in [6.07, 6.45) is 1.83. The third-order valence-electron chi connectivity index (χ3n) is 3.33. The molecule has 0 saturated heterocycles. The van der Waals surface area contributed by atoms with Crippen molar-refractivity contribution in [2.45, 2.75) is 26.3 Å². The summed E-state index contributed by atoms with van der Waals surface area (Å²) in [4.78, 5) is 8.79. The number of benzene rings is 1. The zero-order valence-corrected chi connectivity index (χ0v) is 13.9. The van der Waals surface area contributed by atoms with Crippen LogP contribution in [-0.2, 0) is 13.0 Å². The summed E-state index contributed by atoms with van der Waals surface area (Å²) in [5, 5.41) is 6.20. The molecule has 122 valence electrons. The molecular formula is C16H20N4O2S. The Hall–Kier alpha value is -2.28. The molecule has 0 bridgehead atoms. The zero-order valence-electron chi connectivity index (χ0n) is 13.0. The molecule has 0 amide bonds. The molecular weight excluding hydrogens is 312 g/mol. The molecule has 1 aliphatic heterocycles. The van der Waals surface area contributed by atoms with Crippen LogP contribution >= 0.6 is 11.3 Å². The molecule has 3 rings (SSSR count). The van der Waals surface area contributed by atoms with Crippen LogP contribution in [0, 0.1) is 0 Å². The van der Waals surface area contributed by atoms with Crippen molar-refractivity contribution in [3.05, 3.63) is 34.3 Å². The van der Waals surface area contributed by atoms with E-state index in [0.29, 0.717) is 25.7 Å². The van der Waals surface area contributed by atoms with Crippen molar-refractivity contribution in [1.82, 2.24) is 4.98 Å². The molecule has 6 nitrogen and oxygen atoms in total. The molecule has 1 aromatic heterocycles. The molecule has 0 fully saturated rings. The van der Waals surface area contributed by atoms with E-state index in [2.05, 4.69) is 22.2 Å². The van der Waals surface area contributed by atoms with Gasteiger partial charge in [0.15, 0.2) is 17.5 Å². The number of aliphatic imine (C=N–C) groups is 1. The molecule has 1 aromatic carbocycles. The van der Waals surface area contributed by atoms with Crippen molar-refractivity contribution in [2.24, 2.45) is 10.7 Å². The van der Waals surface area contributed by atoms with E-state index < -0.39 is 0 Å². The van der Waals surface area contributed by atoms with Gasteiger partial charge in [-0.05, 0) is 18.6 Å². The van der Waals surface area contributed by atoms with Crippen LogP contribution in [-0.4, -0.2) is 24.2 Å². The minimum atomic E-state index is 0.352. The number of rotatable bonds is 4. The summed E-state index contributed by atoms with van der Waals surface area (Å²) in [5.74, 6) is 1.84. The van der Waals surface area contributed by atoms with Crippen molar-refractivity contribution >= 4 is 23.0 Å². The highest BCUT2D eigenvalue weighted by Crippen LogP contribution is 2.32. The second kappa shape index (κ2) is 7.32. The number of nitrogens with one attached hydrogen (secondary N) is 1. The average molecular weight is 332 g/mol. The number of ether oxygens (including phenoxy) is 2. The van der Waals surface area contributed by atoms with Gasteiger partial charge in [-0.15, -0.1) is 11.3 Å². The van der Waals surface area contributed by atoms with Crippen LogP contribution < -0.4 is 20.5 Å². The number of hydrogen-bond donors (Lipinski definition) is 2. The Kier molecular flexibility index (Phi) is 4.97. The second-order valence-corrected chi connectivity index (χ2v) is 6.07. The lowest BCUT2D eigenvalue weighted by Gasteiger charge is -2.10. The number of fused-ring (bicyclic) bond motifs is 1. The lowest BCUT2D eigenvalue weighted by molar-refractivity contribution is 0.297. The van der Waals surface area contributed by atoms with Gasteiger partial charge in [0.05, 0.1) is 30.5 Å². The van der Waals surface area contributed by atoms with Gasteiger partial charge in [0.25, 0.3) is 0 Å². The van der Waals surface area contributed by atoms with Crippen LogP contribution in [0.1, 0.15) is 24.0 Å². The molecule has 0 saturated carbocycles. The number of anilines is 1. The highest BCUT2D eigenvalue weighted by Gasteiger charge is 2.10. The minimum Gasteiger partial charge on any atom is -0.490 e. The minimum absolute atomic E-state index is 0.352. The maximum absolute atomic E-state index is 5.94. The van der Waals surface area contributed by atoms with E-state index in [1.54, 1.807) is 11.3 Å². The predicted octanol–water partition coefficient (Wildman–Crippen LogP) is 2.79. The third-order valence-corrected chi connectivity index (χ3v) is 4.38. The van der Waals surface area contributed by atoms with Crippen LogP contribution in [0.2, 0.25) is 0 Å². The Morgan fingerprint density at radius 2 is 2.17 bits per heavy atom. The summed E-state index contributed by atoms with van der Waals surface area (Å²) in [6, 6.07) is 5.65. The summed E-state index contributed by atoms with van der Waals surface area (Å²) < 4.78 is 11.3. The first kappa shape index (κ1) is 15.6. The quantitative estimate of drug-likeness (QED) is 0.664. The molecule has 7 heteroatoms. The summed E-state index contributed by atoms with van der Waals surface area (Å²) >= 11 is 1.65. The number of nitrogens with two attached hydrogens (primary N) is 1. The monoisotopic (exact) mass is 332 g/mol. The van der Waals surface area contributed by atoms with E-state index in [-0.39, 0.29) is 0 Å². The molecule has 0 atom stereocenters. The molecule has 0 spiro atoms. The van der Waals surface area contributed by atoms with Gasteiger partial charge in [0.2, 0.25) is 0 Å². The summed E-state index contributed by atoms with van der Waals surface area (Å²) in [7, 11) is 0. The van der Waals surface area contributed by atoms with Crippen LogP contribution in [0.3, 0.4) is 0 Å². The van der Waals surface area contributed by atoms with Gasteiger partial charge in [-0.3, -0.25) is 0 Å². The molecule has 3 N–H and O–H groups in total. The predicted molar refractivity (Wildman–Crippen MR) is 92.5 cm³/mol. The standard InChI is InChI=1S/C16H20N4O2S/c1-2-15-19-12(10-23-15)9-18-16(17)20-11-4-5-13-14(8-11)22-7-3-6-21-13/h4-5,8,10H,2-3,6-7,9H2,1H3,(H3,17,18,20). The first-order valence-corrected chi connectivity index (χ1v) is 8.52. The lowest BCUT2D eigenvalue weighted by atomic mass is 10.3. The Bertz CT molecular complexity index is 699. The van der Waals surface area contributed by atoms with E-state index in [9.17, 15) is 0 Å². The molecule has 0 radical (unpaired) electrons. The Morgan fingerprint density at radius 3 is 2.96 bits per heavy atom. The third kappa shape index (κ3) is 4.13. The maximum Gasteiger partial charge on any atom is 0.193 e. The smallest absolute Gasteiger partial charge is 0.193 e. The largest absolute Gasteiger partial charge is 0.490 e. The topological polar surface area (TPSA) is 81.8 Å². The number of aryl methyl sites for hydroxylation is 1. The molecule has 23 heavy (non-hydrogen) atoms. The summed E-state index contributed by atoms with van der Waals surface area (Å²) in [5.41, 5.74) is 7.70. The fraction of sp³-hybridized carbons (Fsp3) is 0.375. The number of guanidine groups is 1. The van der Waals surface area contributed by atoms with Crippen molar-refractivity contribution in [3.8, 4) is 11.5 Å². The molecule has 1 aliphatic rings. The number of thiazole rings is 1. The van der Waals surface area contributed by atoms with E-state index >= 15 is 0 Å². The lowest BCUT2D eigenvalue weighted by Crippen LogP contribution is -2.22. The van der Waals surface area contributed by atoms with Crippen LogP contribution in [0.25, 0.3) is 0 Å². The zero-order chi connectivity index (χ0) is 16.1. The SMILES string of the molecule is CCc1nc(CN=C(N)Nc2ccc3c(c2)OCCCO3)cs1. The van der Waals surface area contributed by atoms with Crippen molar-refractivity contribution in [2.75, 3.05) is 18.5 Å². The summed E-state index contributed by atoms with van der Waals surface area (Å²) in [6.45, 7) is 3.90. The maximum atomic E-state index is 5.94. The van der Waals surface area contributed by atoms with Gasteiger partial charge < -0.3 is 20.5 Å². The molecule has 2 aromatic rings. The van der Waals surface area contributed by atoms with Crippen molar-refractivity contribution in [3.63, 3.8) is 0 Å². The first-order chi connectivity index (χ1) is 11.2. The highest BCUT2D eigenvalue weighted by molar-refractivity contribution is 7.09. The Labute approximate surface area is 139 Å². The Morgan fingerprint density at radius 1 is 1.35 bits per heavy atom. The van der Waals surface area contributed by atoms with Crippen LogP contribution in [0.4, 0.5) is 5.69 Å². The molecule has 0 aliphatic carbocycles. The van der Waals surface area contributed by atoms with Gasteiger partial charge in [-0.25, -0.2) is 9.98 Å². The number of hydrogen-bond acceptors (Lipinski definition) is 5. The molecule has 2 heterocycles. The number of nitrogens with zero attached hydrogens (tertiary/aromatic N) is 2. The van der Waals surface area contributed by atoms with Gasteiger partial charge in [-0.1, -0.05) is 6.92 Å². The van der Waals surface area contributed by atoms with Crippen LogP contribution in [0.5, 0.6) is 11.5 Å². The van der Waals surface area contributed by atoms with Crippen molar-refractivity contribution < 1.29 is 9.47 Å². The van der Waals surface area contributed by atoms with E-state index in [4.69, 9.17) is 15.2 Å². The van der Waals surface area contributed by atoms with Gasteiger partial charge in [0.1, 0.15) is 0 Å². The van der Waals surface area contributed by atoms with E-state index in [1.165, 1.54) is 0 Å². The molecule has 0 unspecified atom stereocenters. The van der Waals surface area contributed by atoms with E-state index in [0.717, 1.165) is 40.7 Å².